The lowest BCUT2D eigenvalue weighted by atomic mass is 10.2. The highest BCUT2D eigenvalue weighted by molar-refractivity contribution is 7.99. The summed E-state index contributed by atoms with van der Waals surface area (Å²) in [6, 6.07) is 19.9. The molecule has 5 nitrogen and oxygen atoms in total. The van der Waals surface area contributed by atoms with Crippen molar-refractivity contribution in [3.63, 3.8) is 0 Å². The van der Waals surface area contributed by atoms with Crippen LogP contribution in [0.4, 0.5) is 5.82 Å². The Morgan fingerprint density at radius 3 is 2.53 bits per heavy atom. The number of nitrogens with one attached hydrogen (secondary N) is 1. The SMILES string of the molecule is Cc1ccc2c(Sc3ccc(Cl)cc3)c(C(=O)N3CCN(c4ccccn4)CC3)[nH]c2c1. The van der Waals surface area contributed by atoms with E-state index in [2.05, 4.69) is 40.0 Å². The quantitative estimate of drug-likeness (QED) is 0.426. The fourth-order valence-electron chi connectivity index (χ4n) is 4.00. The van der Waals surface area contributed by atoms with Crippen molar-refractivity contribution in [2.24, 2.45) is 0 Å². The van der Waals surface area contributed by atoms with Crippen LogP contribution in [0.25, 0.3) is 10.9 Å². The number of piperazine rings is 1. The number of aryl methyl sites for hydroxylation is 1. The van der Waals surface area contributed by atoms with E-state index in [1.54, 1.807) is 18.0 Å². The van der Waals surface area contributed by atoms with Crippen LogP contribution in [0.15, 0.2) is 76.7 Å². The van der Waals surface area contributed by atoms with Gasteiger partial charge in [0.15, 0.2) is 0 Å². The molecule has 32 heavy (non-hydrogen) atoms. The van der Waals surface area contributed by atoms with Crippen molar-refractivity contribution >= 4 is 46.0 Å². The molecule has 4 aromatic rings. The van der Waals surface area contributed by atoms with E-state index >= 15 is 0 Å². The summed E-state index contributed by atoms with van der Waals surface area (Å²) in [6.07, 6.45) is 1.81. The molecule has 0 atom stereocenters. The smallest absolute Gasteiger partial charge is 0.271 e. The van der Waals surface area contributed by atoms with Crippen molar-refractivity contribution in [3.05, 3.63) is 83.1 Å². The number of benzene rings is 2. The normalized spacial score (nSPS) is 14.2. The van der Waals surface area contributed by atoms with Gasteiger partial charge in [-0.3, -0.25) is 4.79 Å². The van der Waals surface area contributed by atoms with Crippen LogP contribution in [0.3, 0.4) is 0 Å². The highest BCUT2D eigenvalue weighted by Crippen LogP contribution is 2.38. The number of aromatic nitrogens is 2. The summed E-state index contributed by atoms with van der Waals surface area (Å²) < 4.78 is 0. The molecule has 1 saturated heterocycles. The van der Waals surface area contributed by atoms with Crippen molar-refractivity contribution in [1.82, 2.24) is 14.9 Å². The van der Waals surface area contributed by atoms with Gasteiger partial charge in [0.1, 0.15) is 11.5 Å². The molecular weight excluding hydrogens is 440 g/mol. The maximum Gasteiger partial charge on any atom is 0.271 e. The minimum atomic E-state index is 0.0380. The molecule has 5 rings (SSSR count). The molecule has 0 bridgehead atoms. The molecule has 1 fully saturated rings. The lowest BCUT2D eigenvalue weighted by Gasteiger charge is -2.35. The monoisotopic (exact) mass is 462 g/mol. The predicted molar refractivity (Wildman–Crippen MR) is 131 cm³/mol. The third kappa shape index (κ3) is 4.20. The van der Waals surface area contributed by atoms with Gasteiger partial charge in [0, 0.05) is 53.2 Å². The third-order valence-electron chi connectivity index (χ3n) is 5.69. The molecule has 1 aliphatic rings. The van der Waals surface area contributed by atoms with Crippen LogP contribution in [0, 0.1) is 6.92 Å². The van der Waals surface area contributed by atoms with Crippen LogP contribution in [0.2, 0.25) is 5.02 Å². The molecule has 0 saturated carbocycles. The highest BCUT2D eigenvalue weighted by atomic mass is 35.5. The molecule has 0 unspecified atom stereocenters. The number of rotatable bonds is 4. The first kappa shape index (κ1) is 20.9. The summed E-state index contributed by atoms with van der Waals surface area (Å²) in [6.45, 7) is 4.91. The molecule has 0 aliphatic carbocycles. The van der Waals surface area contributed by atoms with E-state index in [1.807, 2.05) is 47.4 Å². The van der Waals surface area contributed by atoms with Crippen molar-refractivity contribution in [1.29, 1.82) is 0 Å². The van der Waals surface area contributed by atoms with Gasteiger partial charge in [0.05, 0.1) is 4.90 Å². The van der Waals surface area contributed by atoms with Gasteiger partial charge in [-0.05, 0) is 55.0 Å². The first-order valence-corrected chi connectivity index (χ1v) is 11.8. The molecular formula is C25H23ClN4OS. The van der Waals surface area contributed by atoms with Gasteiger partial charge in [-0.1, -0.05) is 41.6 Å². The van der Waals surface area contributed by atoms with Crippen LogP contribution in [-0.2, 0) is 0 Å². The summed E-state index contributed by atoms with van der Waals surface area (Å²) in [5.74, 6) is 0.996. The van der Waals surface area contributed by atoms with Gasteiger partial charge in [-0.2, -0.15) is 0 Å². The maximum atomic E-state index is 13.6. The third-order valence-corrected chi connectivity index (χ3v) is 7.08. The fourth-order valence-corrected chi connectivity index (χ4v) is 5.16. The van der Waals surface area contributed by atoms with E-state index in [0.717, 1.165) is 45.2 Å². The summed E-state index contributed by atoms with van der Waals surface area (Å²) in [5, 5.41) is 1.76. The molecule has 1 aliphatic heterocycles. The Labute approximate surface area is 196 Å². The number of fused-ring (bicyclic) bond motifs is 1. The zero-order chi connectivity index (χ0) is 22.1. The Morgan fingerprint density at radius 2 is 1.81 bits per heavy atom. The van der Waals surface area contributed by atoms with Crippen LogP contribution < -0.4 is 4.90 Å². The van der Waals surface area contributed by atoms with Gasteiger partial charge in [0.25, 0.3) is 5.91 Å². The maximum absolute atomic E-state index is 13.6. The molecule has 1 N–H and O–H groups in total. The molecule has 0 radical (unpaired) electrons. The van der Waals surface area contributed by atoms with E-state index in [9.17, 15) is 4.79 Å². The van der Waals surface area contributed by atoms with Crippen LogP contribution >= 0.6 is 23.4 Å². The second-order valence-electron chi connectivity index (χ2n) is 7.90. The number of pyridine rings is 1. The number of hydrogen-bond donors (Lipinski definition) is 1. The minimum Gasteiger partial charge on any atom is -0.353 e. The van der Waals surface area contributed by atoms with E-state index in [0.29, 0.717) is 23.8 Å². The lowest BCUT2D eigenvalue weighted by molar-refractivity contribution is 0.0738. The Kier molecular flexibility index (Phi) is 5.81. The van der Waals surface area contributed by atoms with Crippen molar-refractivity contribution in [2.75, 3.05) is 31.1 Å². The Morgan fingerprint density at radius 1 is 1.03 bits per heavy atom. The van der Waals surface area contributed by atoms with Crippen molar-refractivity contribution < 1.29 is 4.79 Å². The van der Waals surface area contributed by atoms with Crippen molar-refractivity contribution in [2.45, 2.75) is 16.7 Å². The standard InChI is InChI=1S/C25H23ClN4OS/c1-17-5-10-20-21(16-17)28-23(24(20)32-19-8-6-18(26)7-9-19)25(31)30-14-12-29(13-15-30)22-4-2-3-11-27-22/h2-11,16,28H,12-15H2,1H3. The summed E-state index contributed by atoms with van der Waals surface area (Å²) >= 11 is 7.66. The first-order chi connectivity index (χ1) is 15.6. The highest BCUT2D eigenvalue weighted by Gasteiger charge is 2.27. The van der Waals surface area contributed by atoms with Gasteiger partial charge in [-0.25, -0.2) is 4.98 Å². The van der Waals surface area contributed by atoms with Crippen LogP contribution in [-0.4, -0.2) is 47.0 Å². The van der Waals surface area contributed by atoms with E-state index < -0.39 is 0 Å². The molecule has 0 spiro atoms. The second kappa shape index (κ2) is 8.88. The van der Waals surface area contributed by atoms with E-state index in [4.69, 9.17) is 11.6 Å². The van der Waals surface area contributed by atoms with Gasteiger partial charge >= 0.3 is 0 Å². The topological polar surface area (TPSA) is 52.2 Å². The zero-order valence-corrected chi connectivity index (χ0v) is 19.3. The molecule has 162 valence electrons. The Hall–Kier alpha value is -2.96. The number of aromatic amines is 1. The number of carbonyl (C=O) groups is 1. The number of halogens is 1. The summed E-state index contributed by atoms with van der Waals surface area (Å²) in [7, 11) is 0. The average molecular weight is 463 g/mol. The van der Waals surface area contributed by atoms with Crippen LogP contribution in [0.1, 0.15) is 16.1 Å². The number of nitrogens with zero attached hydrogens (tertiary/aromatic N) is 3. The van der Waals surface area contributed by atoms with E-state index in [-0.39, 0.29) is 5.91 Å². The zero-order valence-electron chi connectivity index (χ0n) is 17.7. The average Bonchev–Trinajstić information content (AvgIpc) is 3.18. The summed E-state index contributed by atoms with van der Waals surface area (Å²) in [4.78, 5) is 27.6. The molecule has 3 heterocycles. The van der Waals surface area contributed by atoms with Crippen LogP contribution in [0.5, 0.6) is 0 Å². The second-order valence-corrected chi connectivity index (χ2v) is 9.42. The van der Waals surface area contributed by atoms with Gasteiger partial charge in [0.2, 0.25) is 0 Å². The van der Waals surface area contributed by atoms with E-state index in [1.165, 1.54) is 0 Å². The number of carbonyl (C=O) groups excluding carboxylic acids is 1. The van der Waals surface area contributed by atoms with Gasteiger partial charge in [-0.15, -0.1) is 0 Å². The number of H-pyrrole nitrogens is 1. The Balaban J connectivity index is 1.42. The first-order valence-electron chi connectivity index (χ1n) is 10.6. The summed E-state index contributed by atoms with van der Waals surface area (Å²) in [5.41, 5.74) is 2.79. The largest absolute Gasteiger partial charge is 0.353 e. The number of anilines is 1. The number of hydrogen-bond acceptors (Lipinski definition) is 4. The molecule has 7 heteroatoms. The molecule has 2 aromatic heterocycles. The fraction of sp³-hybridized carbons (Fsp3) is 0.200. The minimum absolute atomic E-state index is 0.0380. The number of amides is 1. The molecule has 2 aromatic carbocycles. The molecule has 1 amide bonds. The predicted octanol–water partition coefficient (Wildman–Crippen LogP) is 5.64. The lowest BCUT2D eigenvalue weighted by Crippen LogP contribution is -2.49. The van der Waals surface area contributed by atoms with Crippen molar-refractivity contribution in [3.8, 4) is 0 Å². The van der Waals surface area contributed by atoms with Gasteiger partial charge < -0.3 is 14.8 Å². The Bertz CT molecular complexity index is 1250.